The first-order valence-corrected chi connectivity index (χ1v) is 3.45. The molecule has 0 atom stereocenters. The SMILES string of the molecule is C=C1CCC(C(C)C)=N1. The van der Waals surface area contributed by atoms with Crippen molar-refractivity contribution in [3.8, 4) is 0 Å². The fourth-order valence-corrected chi connectivity index (χ4v) is 1.01. The van der Waals surface area contributed by atoms with E-state index in [0.717, 1.165) is 18.5 Å². The van der Waals surface area contributed by atoms with Crippen LogP contribution in [-0.2, 0) is 0 Å². The monoisotopic (exact) mass is 123 g/mol. The Morgan fingerprint density at radius 3 is 2.33 bits per heavy atom. The van der Waals surface area contributed by atoms with Crippen LogP contribution < -0.4 is 0 Å². The second-order valence-corrected chi connectivity index (χ2v) is 2.82. The van der Waals surface area contributed by atoms with Gasteiger partial charge in [-0.25, -0.2) is 0 Å². The number of rotatable bonds is 1. The molecule has 1 aliphatic rings. The van der Waals surface area contributed by atoms with E-state index in [2.05, 4.69) is 25.4 Å². The predicted molar refractivity (Wildman–Crippen MR) is 40.6 cm³/mol. The third-order valence-corrected chi connectivity index (χ3v) is 1.64. The summed E-state index contributed by atoms with van der Waals surface area (Å²) in [5, 5.41) is 0. The molecule has 0 saturated heterocycles. The van der Waals surface area contributed by atoms with Gasteiger partial charge >= 0.3 is 0 Å². The fourth-order valence-electron chi connectivity index (χ4n) is 1.01. The van der Waals surface area contributed by atoms with Gasteiger partial charge in [0.05, 0.1) is 0 Å². The lowest BCUT2D eigenvalue weighted by atomic mass is 10.1. The van der Waals surface area contributed by atoms with Crippen LogP contribution in [0.5, 0.6) is 0 Å². The lowest BCUT2D eigenvalue weighted by molar-refractivity contribution is 0.862. The average Bonchev–Trinajstić information content (AvgIpc) is 2.14. The van der Waals surface area contributed by atoms with Crippen molar-refractivity contribution in [3.63, 3.8) is 0 Å². The van der Waals surface area contributed by atoms with Crippen LogP contribution in [0, 0.1) is 5.92 Å². The van der Waals surface area contributed by atoms with E-state index in [1.807, 2.05) is 0 Å². The number of hydrogen-bond acceptors (Lipinski definition) is 1. The highest BCUT2D eigenvalue weighted by Crippen LogP contribution is 2.18. The first-order valence-electron chi connectivity index (χ1n) is 3.45. The summed E-state index contributed by atoms with van der Waals surface area (Å²) >= 11 is 0. The minimum Gasteiger partial charge on any atom is -0.263 e. The Morgan fingerprint density at radius 1 is 1.44 bits per heavy atom. The van der Waals surface area contributed by atoms with Gasteiger partial charge in [-0.1, -0.05) is 20.4 Å². The van der Waals surface area contributed by atoms with Gasteiger partial charge in [-0.15, -0.1) is 0 Å². The zero-order valence-electron chi connectivity index (χ0n) is 6.15. The highest BCUT2D eigenvalue weighted by Gasteiger charge is 2.11. The van der Waals surface area contributed by atoms with Gasteiger partial charge < -0.3 is 0 Å². The van der Waals surface area contributed by atoms with Crippen LogP contribution in [0.1, 0.15) is 26.7 Å². The Kier molecular flexibility index (Phi) is 1.70. The Balaban J connectivity index is 2.62. The smallest absolute Gasteiger partial charge is 0.0335 e. The zero-order valence-corrected chi connectivity index (χ0v) is 6.15. The summed E-state index contributed by atoms with van der Waals surface area (Å²) < 4.78 is 0. The molecule has 1 heterocycles. The van der Waals surface area contributed by atoms with Gasteiger partial charge in [0.25, 0.3) is 0 Å². The normalized spacial score (nSPS) is 19.0. The van der Waals surface area contributed by atoms with E-state index in [9.17, 15) is 0 Å². The fraction of sp³-hybridized carbons (Fsp3) is 0.625. The summed E-state index contributed by atoms with van der Waals surface area (Å²) in [7, 11) is 0. The van der Waals surface area contributed by atoms with Gasteiger partial charge in [-0.2, -0.15) is 0 Å². The van der Waals surface area contributed by atoms with Crippen molar-refractivity contribution in [3.05, 3.63) is 12.3 Å². The molecule has 1 rings (SSSR count). The molecule has 0 N–H and O–H groups in total. The molecule has 0 fully saturated rings. The molecular formula is C8H13N. The highest BCUT2D eigenvalue weighted by atomic mass is 14.8. The van der Waals surface area contributed by atoms with Crippen LogP contribution >= 0.6 is 0 Å². The van der Waals surface area contributed by atoms with Gasteiger partial charge in [0.15, 0.2) is 0 Å². The van der Waals surface area contributed by atoms with E-state index < -0.39 is 0 Å². The van der Waals surface area contributed by atoms with Gasteiger partial charge in [-0.3, -0.25) is 4.99 Å². The number of hydrogen-bond donors (Lipinski definition) is 0. The van der Waals surface area contributed by atoms with Crippen LogP contribution in [0.3, 0.4) is 0 Å². The maximum absolute atomic E-state index is 4.31. The van der Waals surface area contributed by atoms with Crippen LogP contribution in [0.15, 0.2) is 17.3 Å². The minimum atomic E-state index is 0.615. The standard InChI is InChI=1S/C8H13N/c1-6(2)8-5-4-7(3)9-8/h6H,3-5H2,1-2H3. The summed E-state index contributed by atoms with van der Waals surface area (Å²) in [6, 6.07) is 0. The summed E-state index contributed by atoms with van der Waals surface area (Å²) in [5.41, 5.74) is 2.37. The highest BCUT2D eigenvalue weighted by molar-refractivity contribution is 5.89. The molecule has 1 heteroatoms. The molecule has 50 valence electrons. The third-order valence-electron chi connectivity index (χ3n) is 1.64. The van der Waals surface area contributed by atoms with Gasteiger partial charge in [-0.05, 0) is 18.8 Å². The van der Waals surface area contributed by atoms with Crippen molar-refractivity contribution < 1.29 is 0 Å². The third kappa shape index (κ3) is 1.41. The molecule has 0 amide bonds. The lowest BCUT2D eigenvalue weighted by Crippen LogP contribution is -2.01. The van der Waals surface area contributed by atoms with Crippen molar-refractivity contribution in [1.29, 1.82) is 0 Å². The van der Waals surface area contributed by atoms with Crippen LogP contribution in [0.2, 0.25) is 0 Å². The quantitative estimate of drug-likeness (QED) is 0.507. The Morgan fingerprint density at radius 2 is 2.11 bits per heavy atom. The number of allylic oxidation sites excluding steroid dienone is 1. The molecular weight excluding hydrogens is 110 g/mol. The molecule has 0 radical (unpaired) electrons. The topological polar surface area (TPSA) is 12.4 Å². The Labute approximate surface area is 56.5 Å². The maximum atomic E-state index is 4.31. The second kappa shape index (κ2) is 2.34. The molecule has 0 spiro atoms. The Hall–Kier alpha value is -0.590. The van der Waals surface area contributed by atoms with E-state index in [4.69, 9.17) is 0 Å². The van der Waals surface area contributed by atoms with Crippen molar-refractivity contribution >= 4 is 5.71 Å². The predicted octanol–water partition coefficient (Wildman–Crippen LogP) is 2.39. The summed E-state index contributed by atoms with van der Waals surface area (Å²) in [5.74, 6) is 0.615. The van der Waals surface area contributed by atoms with Crippen LogP contribution in [0.25, 0.3) is 0 Å². The second-order valence-electron chi connectivity index (χ2n) is 2.82. The first-order chi connectivity index (χ1) is 4.20. The van der Waals surface area contributed by atoms with Crippen molar-refractivity contribution in [1.82, 2.24) is 0 Å². The Bertz CT molecular complexity index is 154. The minimum absolute atomic E-state index is 0.615. The molecule has 1 aliphatic heterocycles. The van der Waals surface area contributed by atoms with Gasteiger partial charge in [0.2, 0.25) is 0 Å². The van der Waals surface area contributed by atoms with Crippen LogP contribution in [0.4, 0.5) is 0 Å². The largest absolute Gasteiger partial charge is 0.263 e. The van der Waals surface area contributed by atoms with E-state index in [-0.39, 0.29) is 0 Å². The van der Waals surface area contributed by atoms with Crippen molar-refractivity contribution in [2.45, 2.75) is 26.7 Å². The maximum Gasteiger partial charge on any atom is 0.0335 e. The number of aliphatic imine (C=N–C) groups is 1. The molecule has 0 aliphatic carbocycles. The van der Waals surface area contributed by atoms with Crippen molar-refractivity contribution in [2.24, 2.45) is 10.9 Å². The molecule has 0 unspecified atom stereocenters. The first kappa shape index (κ1) is 6.53. The van der Waals surface area contributed by atoms with Gasteiger partial charge in [0, 0.05) is 11.4 Å². The molecule has 0 aromatic heterocycles. The molecule has 1 nitrogen and oxygen atoms in total. The lowest BCUT2D eigenvalue weighted by Gasteiger charge is -1.99. The van der Waals surface area contributed by atoms with Gasteiger partial charge in [0.1, 0.15) is 0 Å². The molecule has 0 aromatic carbocycles. The summed E-state index contributed by atoms with van der Waals surface area (Å²) in [6.07, 6.45) is 2.21. The summed E-state index contributed by atoms with van der Waals surface area (Å²) in [4.78, 5) is 4.31. The van der Waals surface area contributed by atoms with Crippen molar-refractivity contribution in [2.75, 3.05) is 0 Å². The molecule has 9 heavy (non-hydrogen) atoms. The van der Waals surface area contributed by atoms with E-state index in [0.29, 0.717) is 5.92 Å². The molecule has 0 aromatic rings. The van der Waals surface area contributed by atoms with E-state index >= 15 is 0 Å². The van der Waals surface area contributed by atoms with E-state index in [1.165, 1.54) is 5.71 Å². The molecule has 0 saturated carbocycles. The van der Waals surface area contributed by atoms with Crippen LogP contribution in [-0.4, -0.2) is 5.71 Å². The average molecular weight is 123 g/mol. The molecule has 0 bridgehead atoms. The summed E-state index contributed by atoms with van der Waals surface area (Å²) in [6.45, 7) is 8.16. The van der Waals surface area contributed by atoms with E-state index in [1.54, 1.807) is 0 Å². The zero-order chi connectivity index (χ0) is 6.85. The number of nitrogens with zero attached hydrogens (tertiary/aromatic N) is 1.